The lowest BCUT2D eigenvalue weighted by Gasteiger charge is -2.31. The van der Waals surface area contributed by atoms with Crippen molar-refractivity contribution < 1.29 is 19.1 Å². The largest absolute Gasteiger partial charge is 0.496 e. The van der Waals surface area contributed by atoms with Gasteiger partial charge in [-0.15, -0.1) is 0 Å². The molecule has 1 saturated carbocycles. The van der Waals surface area contributed by atoms with Gasteiger partial charge in [-0.3, -0.25) is 9.69 Å². The first-order chi connectivity index (χ1) is 13.5. The molecule has 4 rings (SSSR count). The maximum Gasteiger partial charge on any atom is 0.267 e. The van der Waals surface area contributed by atoms with Crippen LogP contribution >= 0.6 is 0 Å². The number of morpholine rings is 1. The number of benzene rings is 1. The quantitative estimate of drug-likeness (QED) is 0.773. The summed E-state index contributed by atoms with van der Waals surface area (Å²) in [6.07, 6.45) is 2.74. The van der Waals surface area contributed by atoms with Crippen molar-refractivity contribution in [1.29, 1.82) is 0 Å². The third-order valence-electron chi connectivity index (χ3n) is 6.00. The van der Waals surface area contributed by atoms with Gasteiger partial charge in [0.15, 0.2) is 0 Å². The second-order valence-electron chi connectivity index (χ2n) is 8.31. The monoisotopic (exact) mass is 387 g/mol. The van der Waals surface area contributed by atoms with E-state index < -0.39 is 5.60 Å². The van der Waals surface area contributed by atoms with E-state index in [1.807, 2.05) is 24.3 Å². The summed E-state index contributed by atoms with van der Waals surface area (Å²) >= 11 is 0. The second kappa shape index (κ2) is 7.72. The van der Waals surface area contributed by atoms with Crippen LogP contribution in [0.1, 0.15) is 31.7 Å². The van der Waals surface area contributed by atoms with Crippen LogP contribution in [-0.2, 0) is 14.4 Å². The van der Waals surface area contributed by atoms with Gasteiger partial charge in [0.25, 0.3) is 5.91 Å². The highest BCUT2D eigenvalue weighted by Crippen LogP contribution is 2.46. The number of amides is 1. The van der Waals surface area contributed by atoms with Crippen LogP contribution in [0.25, 0.3) is 0 Å². The Hall–Kier alpha value is -2.12. The Labute approximate surface area is 166 Å². The molecular weight excluding hydrogens is 358 g/mol. The van der Waals surface area contributed by atoms with Crippen molar-refractivity contribution in [2.24, 2.45) is 10.6 Å². The molecule has 1 saturated heterocycles. The van der Waals surface area contributed by atoms with E-state index in [1.165, 1.54) is 0 Å². The molecule has 0 spiro atoms. The Kier molecular flexibility index (Phi) is 5.29. The molecule has 1 aliphatic carbocycles. The lowest BCUT2D eigenvalue weighted by Crippen LogP contribution is -2.48. The molecule has 0 aromatic heterocycles. The highest BCUT2D eigenvalue weighted by molar-refractivity contribution is 6.07. The Morgan fingerprint density at radius 3 is 2.75 bits per heavy atom. The zero-order chi connectivity index (χ0) is 19.6. The summed E-state index contributed by atoms with van der Waals surface area (Å²) in [5.74, 6) is 0.631. The number of rotatable bonds is 7. The molecule has 28 heavy (non-hydrogen) atoms. The minimum Gasteiger partial charge on any atom is -0.496 e. The van der Waals surface area contributed by atoms with E-state index in [-0.39, 0.29) is 11.3 Å². The molecule has 1 aromatic carbocycles. The number of hydrogen-bond donors (Lipinski definition) is 1. The van der Waals surface area contributed by atoms with E-state index in [1.54, 1.807) is 14.0 Å². The van der Waals surface area contributed by atoms with Crippen LogP contribution in [0, 0.1) is 5.41 Å². The van der Waals surface area contributed by atoms with Crippen LogP contribution in [-0.4, -0.2) is 68.6 Å². The molecule has 1 N–H and O–H groups in total. The number of nitrogens with one attached hydrogen (secondary N) is 1. The minimum atomic E-state index is -0.981. The molecule has 7 nitrogen and oxygen atoms in total. The molecule has 0 radical (unpaired) electrons. The molecule has 7 heteroatoms. The van der Waals surface area contributed by atoms with E-state index in [0.29, 0.717) is 13.0 Å². The molecule has 1 atom stereocenters. The van der Waals surface area contributed by atoms with Crippen LogP contribution in [0.3, 0.4) is 0 Å². The molecule has 1 unspecified atom stereocenters. The van der Waals surface area contributed by atoms with Crippen molar-refractivity contribution in [3.05, 3.63) is 29.8 Å². The fourth-order valence-electron chi connectivity index (χ4n) is 3.95. The van der Waals surface area contributed by atoms with E-state index in [2.05, 4.69) is 15.4 Å². The molecule has 3 aliphatic rings. The SMILES string of the molecule is COc1ccccc1C1=NOC(C)(C(=O)NCC2(CN3CCOCC3)CC2)C1. The highest BCUT2D eigenvalue weighted by Gasteiger charge is 2.47. The third-order valence-corrected chi connectivity index (χ3v) is 6.00. The summed E-state index contributed by atoms with van der Waals surface area (Å²) in [6.45, 7) is 7.08. The number of methoxy groups -OCH3 is 1. The van der Waals surface area contributed by atoms with Crippen molar-refractivity contribution in [1.82, 2.24) is 10.2 Å². The van der Waals surface area contributed by atoms with Gasteiger partial charge in [-0.05, 0) is 31.9 Å². The molecule has 2 fully saturated rings. The van der Waals surface area contributed by atoms with E-state index >= 15 is 0 Å². The molecular formula is C21H29N3O4. The molecule has 1 aromatic rings. The Bertz CT molecular complexity index is 756. The van der Waals surface area contributed by atoms with Crippen molar-refractivity contribution in [2.45, 2.75) is 31.8 Å². The average molecular weight is 387 g/mol. The van der Waals surface area contributed by atoms with Gasteiger partial charge < -0.3 is 19.6 Å². The van der Waals surface area contributed by atoms with E-state index in [4.69, 9.17) is 14.3 Å². The Balaban J connectivity index is 1.33. The Morgan fingerprint density at radius 1 is 1.29 bits per heavy atom. The maximum absolute atomic E-state index is 12.9. The lowest BCUT2D eigenvalue weighted by molar-refractivity contribution is -0.142. The number of nitrogens with zero attached hydrogens (tertiary/aromatic N) is 2. The topological polar surface area (TPSA) is 72.4 Å². The number of ether oxygens (including phenoxy) is 2. The number of para-hydroxylation sites is 1. The van der Waals surface area contributed by atoms with Gasteiger partial charge in [0, 0.05) is 43.6 Å². The van der Waals surface area contributed by atoms with Crippen LogP contribution in [0.15, 0.2) is 29.4 Å². The molecule has 2 heterocycles. The first-order valence-electron chi connectivity index (χ1n) is 10.0. The van der Waals surface area contributed by atoms with Gasteiger partial charge in [0.2, 0.25) is 5.60 Å². The number of hydrogen-bond acceptors (Lipinski definition) is 6. The number of oxime groups is 1. The zero-order valence-electron chi connectivity index (χ0n) is 16.7. The van der Waals surface area contributed by atoms with E-state index in [9.17, 15) is 4.79 Å². The summed E-state index contributed by atoms with van der Waals surface area (Å²) in [4.78, 5) is 20.9. The fraction of sp³-hybridized carbons (Fsp3) is 0.619. The lowest BCUT2D eigenvalue weighted by atomic mass is 9.94. The normalized spacial score (nSPS) is 26.3. The standard InChI is InChI=1S/C21H29N3O4/c1-20(13-17(23-28-20)16-5-3-4-6-18(16)26-2)19(25)22-14-21(7-8-21)15-24-9-11-27-12-10-24/h3-6H,7-15H2,1-2H3,(H,22,25). The highest BCUT2D eigenvalue weighted by atomic mass is 16.7. The minimum absolute atomic E-state index is 0.102. The molecule has 152 valence electrons. The third kappa shape index (κ3) is 4.00. The van der Waals surface area contributed by atoms with Gasteiger partial charge in [-0.25, -0.2) is 0 Å². The van der Waals surface area contributed by atoms with Crippen LogP contribution in [0.5, 0.6) is 5.75 Å². The summed E-state index contributed by atoms with van der Waals surface area (Å²) in [7, 11) is 1.63. The van der Waals surface area contributed by atoms with E-state index in [0.717, 1.165) is 62.7 Å². The van der Waals surface area contributed by atoms with Crippen LogP contribution in [0.2, 0.25) is 0 Å². The summed E-state index contributed by atoms with van der Waals surface area (Å²) in [6, 6.07) is 7.66. The van der Waals surface area contributed by atoms with Crippen molar-refractivity contribution >= 4 is 11.6 Å². The van der Waals surface area contributed by atoms with Crippen LogP contribution in [0.4, 0.5) is 0 Å². The van der Waals surface area contributed by atoms with Crippen molar-refractivity contribution in [3.63, 3.8) is 0 Å². The predicted octanol–water partition coefficient (Wildman–Crippen LogP) is 1.81. The average Bonchev–Trinajstić information content (AvgIpc) is 3.37. The Morgan fingerprint density at radius 2 is 2.04 bits per heavy atom. The first kappa shape index (κ1) is 19.2. The summed E-state index contributed by atoms with van der Waals surface area (Å²) in [5.41, 5.74) is 0.830. The van der Waals surface area contributed by atoms with Gasteiger partial charge in [0.05, 0.1) is 26.0 Å². The molecule has 0 bridgehead atoms. The van der Waals surface area contributed by atoms with Gasteiger partial charge in [-0.2, -0.15) is 0 Å². The smallest absolute Gasteiger partial charge is 0.267 e. The molecule has 1 amide bonds. The first-order valence-corrected chi connectivity index (χ1v) is 10.0. The number of carbonyl (C=O) groups excluding carboxylic acids is 1. The number of carbonyl (C=O) groups is 1. The summed E-state index contributed by atoms with van der Waals surface area (Å²) < 4.78 is 10.8. The van der Waals surface area contributed by atoms with Gasteiger partial charge in [-0.1, -0.05) is 17.3 Å². The maximum atomic E-state index is 12.9. The molecule has 2 aliphatic heterocycles. The zero-order valence-corrected chi connectivity index (χ0v) is 16.7. The van der Waals surface area contributed by atoms with Gasteiger partial charge >= 0.3 is 0 Å². The van der Waals surface area contributed by atoms with Crippen molar-refractivity contribution in [3.8, 4) is 5.75 Å². The second-order valence-corrected chi connectivity index (χ2v) is 8.31. The van der Waals surface area contributed by atoms with Crippen LogP contribution < -0.4 is 10.1 Å². The predicted molar refractivity (Wildman–Crippen MR) is 106 cm³/mol. The van der Waals surface area contributed by atoms with Gasteiger partial charge in [0.1, 0.15) is 5.75 Å². The van der Waals surface area contributed by atoms with Crippen molar-refractivity contribution in [2.75, 3.05) is 46.5 Å². The fourth-order valence-corrected chi connectivity index (χ4v) is 3.95. The summed E-state index contributed by atoms with van der Waals surface area (Å²) in [5, 5.41) is 7.33.